The zero-order chi connectivity index (χ0) is 28.5. The summed E-state index contributed by atoms with van der Waals surface area (Å²) in [5, 5.41) is 17.9. The van der Waals surface area contributed by atoms with Crippen LogP contribution in [0.25, 0.3) is 16.9 Å². The predicted octanol–water partition coefficient (Wildman–Crippen LogP) is 4.67. The van der Waals surface area contributed by atoms with Crippen LogP contribution >= 0.6 is 0 Å². The summed E-state index contributed by atoms with van der Waals surface area (Å²) in [6.07, 6.45) is -1.57. The summed E-state index contributed by atoms with van der Waals surface area (Å²) in [5.74, 6) is -2.28. The van der Waals surface area contributed by atoms with Crippen LogP contribution in [0.1, 0.15) is 27.2 Å². The third kappa shape index (κ3) is 6.08. The van der Waals surface area contributed by atoms with Crippen LogP contribution < -0.4 is 10.6 Å². The normalized spacial score (nSPS) is 11.7. The molecule has 0 atom stereocenters. The fourth-order valence-corrected chi connectivity index (χ4v) is 3.90. The molecular formula is C26H28F4N8O. The van der Waals surface area contributed by atoms with Crippen LogP contribution in [-0.4, -0.2) is 62.8 Å². The van der Waals surface area contributed by atoms with E-state index in [1.165, 1.54) is 0 Å². The van der Waals surface area contributed by atoms with Gasteiger partial charge in [-0.25, -0.2) is 9.07 Å². The minimum absolute atomic E-state index is 0.187. The monoisotopic (exact) mass is 544 g/mol. The van der Waals surface area contributed by atoms with Crippen molar-refractivity contribution < 1.29 is 22.4 Å². The molecule has 0 aliphatic carbocycles. The molecule has 2 N–H and O–H groups in total. The Morgan fingerprint density at radius 1 is 1.13 bits per heavy atom. The second-order valence-corrected chi connectivity index (χ2v) is 9.38. The topological polar surface area (TPSA) is 92.9 Å². The van der Waals surface area contributed by atoms with Gasteiger partial charge in [0.05, 0.1) is 29.3 Å². The molecule has 206 valence electrons. The highest BCUT2D eigenvalue weighted by Crippen LogP contribution is 2.35. The number of amides is 1. The molecule has 1 amide bonds. The molecule has 2 aromatic carbocycles. The number of nitrogens with one attached hydrogen (secondary N) is 2. The molecule has 4 rings (SSSR count). The number of halogens is 4. The SMILES string of the molecule is Cc1ccc(NC(=O)c2cc(NCCN(C)C)c(F)c(C(F)(F)F)c2)cc1-n1cc(-c2cnn(C)c2C)nn1. The molecule has 0 spiro atoms. The Kier molecular flexibility index (Phi) is 7.72. The van der Waals surface area contributed by atoms with E-state index in [-0.39, 0.29) is 12.1 Å². The maximum absolute atomic E-state index is 14.7. The van der Waals surface area contributed by atoms with Gasteiger partial charge in [-0.3, -0.25) is 9.48 Å². The number of hydrogen-bond donors (Lipinski definition) is 2. The number of nitrogens with zero attached hydrogens (tertiary/aromatic N) is 6. The highest BCUT2D eigenvalue weighted by Gasteiger charge is 2.36. The van der Waals surface area contributed by atoms with Gasteiger partial charge in [0, 0.05) is 42.6 Å². The van der Waals surface area contributed by atoms with E-state index < -0.39 is 29.2 Å². The Balaban J connectivity index is 1.62. The molecule has 4 aromatic rings. The van der Waals surface area contributed by atoms with Crippen molar-refractivity contribution >= 4 is 17.3 Å². The average molecular weight is 545 g/mol. The van der Waals surface area contributed by atoms with Crippen molar-refractivity contribution in [3.63, 3.8) is 0 Å². The molecule has 2 aromatic heterocycles. The Morgan fingerprint density at radius 2 is 1.87 bits per heavy atom. The minimum Gasteiger partial charge on any atom is -0.381 e. The molecule has 9 nitrogen and oxygen atoms in total. The Morgan fingerprint density at radius 3 is 2.51 bits per heavy atom. The molecule has 13 heteroatoms. The maximum Gasteiger partial charge on any atom is 0.419 e. The van der Waals surface area contributed by atoms with Gasteiger partial charge in [-0.15, -0.1) is 5.10 Å². The summed E-state index contributed by atoms with van der Waals surface area (Å²) in [6.45, 7) is 4.39. The van der Waals surface area contributed by atoms with E-state index in [1.54, 1.807) is 59.0 Å². The first-order valence-corrected chi connectivity index (χ1v) is 12.0. The van der Waals surface area contributed by atoms with Crippen molar-refractivity contribution in [2.24, 2.45) is 7.05 Å². The fourth-order valence-electron chi connectivity index (χ4n) is 3.90. The number of anilines is 2. The minimum atomic E-state index is -4.98. The van der Waals surface area contributed by atoms with Gasteiger partial charge in [0.15, 0.2) is 5.82 Å². The Bertz CT molecular complexity index is 1510. The second-order valence-electron chi connectivity index (χ2n) is 9.38. The van der Waals surface area contributed by atoms with Gasteiger partial charge in [-0.1, -0.05) is 11.3 Å². The summed E-state index contributed by atoms with van der Waals surface area (Å²) in [4.78, 5) is 14.8. The van der Waals surface area contributed by atoms with E-state index in [2.05, 4.69) is 26.0 Å². The highest BCUT2D eigenvalue weighted by atomic mass is 19.4. The highest BCUT2D eigenvalue weighted by molar-refractivity contribution is 6.05. The van der Waals surface area contributed by atoms with Crippen LogP contribution in [0.3, 0.4) is 0 Å². The lowest BCUT2D eigenvalue weighted by Gasteiger charge is -2.17. The summed E-state index contributed by atoms with van der Waals surface area (Å²) < 4.78 is 58.6. The number of alkyl halides is 3. The number of hydrogen-bond acceptors (Lipinski definition) is 6. The van der Waals surface area contributed by atoms with E-state index in [0.29, 0.717) is 29.7 Å². The van der Waals surface area contributed by atoms with Gasteiger partial charge in [0.2, 0.25) is 0 Å². The predicted molar refractivity (Wildman–Crippen MR) is 139 cm³/mol. The lowest BCUT2D eigenvalue weighted by atomic mass is 10.1. The average Bonchev–Trinajstić information content (AvgIpc) is 3.47. The number of benzene rings is 2. The van der Waals surface area contributed by atoms with Crippen molar-refractivity contribution in [3.8, 4) is 16.9 Å². The standard InChI is InChI=1S/C26H28F4N8O/c1-15-6-7-18(12-23(15)38-14-22(34-35-38)19-13-32-37(5)16(19)2)33-25(39)17-10-20(26(28,29)30)24(27)21(11-17)31-8-9-36(3)4/h6-7,10-14,31H,8-9H2,1-5H3,(H,33,39). The first-order valence-electron chi connectivity index (χ1n) is 12.0. The maximum atomic E-state index is 14.7. The van der Waals surface area contributed by atoms with Crippen LogP contribution in [-0.2, 0) is 13.2 Å². The first-order chi connectivity index (χ1) is 18.3. The van der Waals surface area contributed by atoms with Gasteiger partial charge < -0.3 is 15.5 Å². The number of rotatable bonds is 8. The van der Waals surface area contributed by atoms with E-state index in [4.69, 9.17) is 0 Å². The molecule has 0 fully saturated rings. The summed E-state index contributed by atoms with van der Waals surface area (Å²) in [7, 11) is 5.37. The van der Waals surface area contributed by atoms with E-state index in [9.17, 15) is 22.4 Å². The number of aromatic nitrogens is 5. The van der Waals surface area contributed by atoms with Gasteiger partial charge in [-0.2, -0.15) is 18.3 Å². The van der Waals surface area contributed by atoms with E-state index in [1.807, 2.05) is 20.9 Å². The molecule has 0 unspecified atom stereocenters. The number of carbonyl (C=O) groups excluding carboxylic acids is 1. The van der Waals surface area contributed by atoms with Gasteiger partial charge in [-0.05, 0) is 57.8 Å². The second kappa shape index (κ2) is 10.8. The van der Waals surface area contributed by atoms with Crippen molar-refractivity contribution in [1.29, 1.82) is 0 Å². The third-order valence-electron chi connectivity index (χ3n) is 6.23. The molecule has 0 aliphatic rings. The summed E-state index contributed by atoms with van der Waals surface area (Å²) in [6, 6.07) is 6.57. The quantitative estimate of drug-likeness (QED) is 0.313. The number of carbonyl (C=O) groups is 1. The van der Waals surface area contributed by atoms with Crippen LogP contribution in [0.4, 0.5) is 28.9 Å². The molecule has 39 heavy (non-hydrogen) atoms. The van der Waals surface area contributed by atoms with E-state index in [0.717, 1.165) is 22.9 Å². The molecule has 0 aliphatic heterocycles. The molecular weight excluding hydrogens is 516 g/mol. The first kappa shape index (κ1) is 27.8. The summed E-state index contributed by atoms with van der Waals surface area (Å²) in [5.41, 5.74) is 1.81. The molecule has 0 radical (unpaired) electrons. The van der Waals surface area contributed by atoms with Gasteiger partial charge in [0.25, 0.3) is 5.91 Å². The zero-order valence-corrected chi connectivity index (χ0v) is 22.1. The fraction of sp³-hybridized carbons (Fsp3) is 0.308. The third-order valence-corrected chi connectivity index (χ3v) is 6.23. The molecule has 2 heterocycles. The molecule has 0 bridgehead atoms. The smallest absolute Gasteiger partial charge is 0.381 e. The van der Waals surface area contributed by atoms with Crippen molar-refractivity contribution in [3.05, 3.63) is 70.9 Å². The molecule has 0 saturated carbocycles. The van der Waals surface area contributed by atoms with Crippen LogP contribution in [0, 0.1) is 19.7 Å². The summed E-state index contributed by atoms with van der Waals surface area (Å²) >= 11 is 0. The van der Waals surface area contributed by atoms with Crippen molar-refractivity contribution in [2.75, 3.05) is 37.8 Å². The number of likely N-dealkylation sites (N-methyl/N-ethyl adjacent to an activating group) is 1. The van der Waals surface area contributed by atoms with Crippen molar-refractivity contribution in [1.82, 2.24) is 29.7 Å². The van der Waals surface area contributed by atoms with Crippen LogP contribution in [0.2, 0.25) is 0 Å². The van der Waals surface area contributed by atoms with Crippen molar-refractivity contribution in [2.45, 2.75) is 20.0 Å². The van der Waals surface area contributed by atoms with Gasteiger partial charge >= 0.3 is 6.18 Å². The van der Waals surface area contributed by atoms with Crippen LogP contribution in [0.5, 0.6) is 0 Å². The lowest BCUT2D eigenvalue weighted by molar-refractivity contribution is -0.139. The van der Waals surface area contributed by atoms with Crippen LogP contribution in [0.15, 0.2) is 42.7 Å². The number of aryl methyl sites for hydroxylation is 2. The Hall–Kier alpha value is -4.26. The molecule has 0 saturated heterocycles. The largest absolute Gasteiger partial charge is 0.419 e. The van der Waals surface area contributed by atoms with E-state index >= 15 is 0 Å². The van der Waals surface area contributed by atoms with Gasteiger partial charge in [0.1, 0.15) is 5.69 Å². The lowest BCUT2D eigenvalue weighted by Crippen LogP contribution is -2.22. The Labute approximate surface area is 222 Å². The zero-order valence-electron chi connectivity index (χ0n) is 22.1.